The normalized spacial score (nSPS) is 11.8. The van der Waals surface area contributed by atoms with Crippen molar-refractivity contribution in [2.24, 2.45) is 0 Å². The smallest absolute Gasteiger partial charge is 0.330 e. The van der Waals surface area contributed by atoms with Gasteiger partial charge in [0, 0.05) is 20.1 Å². The number of aromatic amines is 1. The second-order valence-corrected chi connectivity index (χ2v) is 8.86. The number of nitrogens with one attached hydrogen (secondary N) is 1. The van der Waals surface area contributed by atoms with Gasteiger partial charge in [-0.25, -0.2) is 13.2 Å². The number of hydrogen-bond acceptors (Lipinski definition) is 6. The minimum Gasteiger partial charge on any atom is -0.383 e. The number of aromatic nitrogens is 2. The van der Waals surface area contributed by atoms with Gasteiger partial charge in [-0.05, 0) is 12.8 Å². The summed E-state index contributed by atoms with van der Waals surface area (Å²) >= 11 is 0. The summed E-state index contributed by atoms with van der Waals surface area (Å²) in [5.74, 6) is -0.670. The number of nitrogens with two attached hydrogens (primary N) is 1. The number of nitrogens with zero attached hydrogens (tertiary/aromatic N) is 3. The summed E-state index contributed by atoms with van der Waals surface area (Å²) in [5.41, 5.74) is 4.60. The van der Waals surface area contributed by atoms with E-state index in [0.717, 1.165) is 29.8 Å². The van der Waals surface area contributed by atoms with Crippen LogP contribution in [0.25, 0.3) is 0 Å². The molecule has 0 unspecified atom stereocenters. The molecule has 0 aromatic carbocycles. The fourth-order valence-corrected chi connectivity index (χ4v) is 3.00. The van der Waals surface area contributed by atoms with E-state index < -0.39 is 33.7 Å². The molecule has 11 heteroatoms. The Labute approximate surface area is 165 Å². The third-order valence-electron chi connectivity index (χ3n) is 4.43. The van der Waals surface area contributed by atoms with E-state index in [2.05, 4.69) is 4.98 Å². The monoisotopic (exact) mass is 417 g/mol. The van der Waals surface area contributed by atoms with Crippen LogP contribution in [-0.2, 0) is 21.4 Å². The van der Waals surface area contributed by atoms with E-state index in [0.29, 0.717) is 19.4 Å². The van der Waals surface area contributed by atoms with Crippen LogP contribution in [0.5, 0.6) is 0 Å². The van der Waals surface area contributed by atoms with Crippen molar-refractivity contribution >= 4 is 27.4 Å². The third-order valence-corrected chi connectivity index (χ3v) is 5.69. The van der Waals surface area contributed by atoms with Gasteiger partial charge in [0.15, 0.2) is 5.69 Å². The van der Waals surface area contributed by atoms with Crippen LogP contribution in [0.3, 0.4) is 0 Å². The lowest BCUT2D eigenvalue weighted by atomic mass is 10.2. The first-order valence-corrected chi connectivity index (χ1v) is 11.2. The predicted molar refractivity (Wildman–Crippen MR) is 110 cm³/mol. The van der Waals surface area contributed by atoms with Crippen LogP contribution in [0.2, 0.25) is 0 Å². The molecule has 0 saturated heterocycles. The van der Waals surface area contributed by atoms with Crippen LogP contribution >= 0.6 is 0 Å². The molecule has 0 fully saturated rings. The van der Waals surface area contributed by atoms with Crippen LogP contribution < -0.4 is 21.9 Å². The Kier molecular flexibility index (Phi) is 8.89. The van der Waals surface area contributed by atoms with E-state index in [1.165, 1.54) is 16.5 Å². The zero-order chi connectivity index (χ0) is 21.5. The van der Waals surface area contributed by atoms with Crippen molar-refractivity contribution in [3.8, 4) is 0 Å². The lowest BCUT2D eigenvalue weighted by molar-refractivity contribution is -0.118. The number of likely N-dealkylation sites (N-methyl/N-ethyl adjacent to an activating group) is 1. The number of nitrogen functional groups attached to an aromatic ring is 1. The molecule has 0 aliphatic carbocycles. The van der Waals surface area contributed by atoms with Gasteiger partial charge >= 0.3 is 5.69 Å². The van der Waals surface area contributed by atoms with E-state index in [-0.39, 0.29) is 18.1 Å². The summed E-state index contributed by atoms with van der Waals surface area (Å²) in [4.78, 5) is 40.8. The molecule has 160 valence electrons. The first-order chi connectivity index (χ1) is 13.0. The first kappa shape index (κ1) is 23.9. The van der Waals surface area contributed by atoms with E-state index >= 15 is 0 Å². The number of carbonyl (C=O) groups is 1. The molecule has 10 nitrogen and oxygen atoms in total. The molecule has 1 rings (SSSR count). The fraction of sp³-hybridized carbons (Fsp3) is 0.706. The minimum atomic E-state index is -3.57. The summed E-state index contributed by atoms with van der Waals surface area (Å²) in [6.45, 7) is 4.03. The first-order valence-electron chi connectivity index (χ1n) is 9.38. The lowest BCUT2D eigenvalue weighted by Gasteiger charge is -2.26. The van der Waals surface area contributed by atoms with Crippen molar-refractivity contribution in [1.29, 1.82) is 0 Å². The number of amides is 1. The number of hydrogen-bond donors (Lipinski definition) is 2. The predicted octanol–water partition coefficient (Wildman–Crippen LogP) is 0.334. The summed E-state index contributed by atoms with van der Waals surface area (Å²) in [6, 6.07) is 0. The Morgan fingerprint density at radius 3 is 2.29 bits per heavy atom. The van der Waals surface area contributed by atoms with Crippen LogP contribution in [0.15, 0.2) is 9.59 Å². The molecule has 1 heterocycles. The van der Waals surface area contributed by atoms with Gasteiger partial charge in [0.1, 0.15) is 5.82 Å². The largest absolute Gasteiger partial charge is 0.383 e. The van der Waals surface area contributed by atoms with Crippen LogP contribution in [-0.4, -0.2) is 54.6 Å². The maximum atomic E-state index is 12.8. The van der Waals surface area contributed by atoms with E-state index in [4.69, 9.17) is 5.73 Å². The molecular weight excluding hydrogens is 386 g/mol. The SMILES string of the molecule is CCCCCN(C(=O)CN(C)S(C)(=O)=O)c1c(N)n(CCCC)c(=O)[nH]c1=O. The topological polar surface area (TPSA) is 139 Å². The van der Waals surface area contributed by atoms with E-state index in [1.807, 2.05) is 13.8 Å². The highest BCUT2D eigenvalue weighted by Gasteiger charge is 2.26. The number of rotatable bonds is 11. The van der Waals surface area contributed by atoms with Gasteiger partial charge in [-0.15, -0.1) is 0 Å². The molecule has 0 aliphatic rings. The molecule has 0 radical (unpaired) electrons. The second kappa shape index (κ2) is 10.4. The highest BCUT2D eigenvalue weighted by Crippen LogP contribution is 2.19. The van der Waals surface area contributed by atoms with Gasteiger partial charge in [-0.1, -0.05) is 33.1 Å². The van der Waals surface area contributed by atoms with Crippen molar-refractivity contribution in [2.75, 3.05) is 37.0 Å². The maximum Gasteiger partial charge on any atom is 0.330 e. The van der Waals surface area contributed by atoms with Gasteiger partial charge in [0.05, 0.1) is 12.8 Å². The highest BCUT2D eigenvalue weighted by atomic mass is 32.2. The number of unbranched alkanes of at least 4 members (excludes halogenated alkanes) is 3. The molecule has 0 bridgehead atoms. The molecular formula is C17H31N5O5S. The average molecular weight is 418 g/mol. The molecule has 0 aliphatic heterocycles. The number of sulfonamides is 1. The van der Waals surface area contributed by atoms with E-state index in [1.54, 1.807) is 0 Å². The van der Waals surface area contributed by atoms with Gasteiger partial charge in [-0.3, -0.25) is 19.1 Å². The number of anilines is 2. The van der Waals surface area contributed by atoms with E-state index in [9.17, 15) is 22.8 Å². The lowest BCUT2D eigenvalue weighted by Crippen LogP contribution is -2.45. The highest BCUT2D eigenvalue weighted by molar-refractivity contribution is 7.88. The van der Waals surface area contributed by atoms with Gasteiger partial charge in [0.25, 0.3) is 5.56 Å². The number of carbonyl (C=O) groups excluding carboxylic acids is 1. The molecule has 1 amide bonds. The molecule has 28 heavy (non-hydrogen) atoms. The molecule has 0 spiro atoms. The Morgan fingerprint density at radius 2 is 1.75 bits per heavy atom. The summed E-state index contributed by atoms with van der Waals surface area (Å²) in [6.07, 6.45) is 4.81. The van der Waals surface area contributed by atoms with Crippen molar-refractivity contribution in [3.63, 3.8) is 0 Å². The summed E-state index contributed by atoms with van der Waals surface area (Å²) < 4.78 is 25.4. The fourth-order valence-electron chi connectivity index (χ4n) is 2.65. The molecule has 0 atom stereocenters. The second-order valence-electron chi connectivity index (χ2n) is 6.77. The van der Waals surface area contributed by atoms with Crippen molar-refractivity contribution in [2.45, 2.75) is 52.5 Å². The Balaban J connectivity index is 3.39. The Hall–Kier alpha value is -2.14. The molecule has 1 aromatic rings. The zero-order valence-electron chi connectivity index (χ0n) is 17.0. The Morgan fingerprint density at radius 1 is 1.14 bits per heavy atom. The van der Waals surface area contributed by atoms with Crippen LogP contribution in [0.4, 0.5) is 11.5 Å². The quantitative estimate of drug-likeness (QED) is 0.498. The maximum absolute atomic E-state index is 12.8. The molecule has 3 N–H and O–H groups in total. The van der Waals surface area contributed by atoms with Gasteiger partial charge in [-0.2, -0.15) is 4.31 Å². The standard InChI is InChI=1S/C17H31N5O5S/c1-5-7-9-11-21(13(23)12-20(3)28(4,26)27)14-15(18)22(10-8-6-2)17(25)19-16(14)24/h5-12,18H2,1-4H3,(H,19,24,25). The summed E-state index contributed by atoms with van der Waals surface area (Å²) in [5, 5.41) is 0. The van der Waals surface area contributed by atoms with Gasteiger partial charge in [0.2, 0.25) is 15.9 Å². The van der Waals surface area contributed by atoms with Gasteiger partial charge < -0.3 is 10.6 Å². The average Bonchev–Trinajstić information content (AvgIpc) is 2.59. The third kappa shape index (κ3) is 6.20. The summed E-state index contributed by atoms with van der Waals surface area (Å²) in [7, 11) is -2.29. The van der Waals surface area contributed by atoms with Crippen molar-refractivity contribution < 1.29 is 13.2 Å². The zero-order valence-corrected chi connectivity index (χ0v) is 17.8. The van der Waals surface area contributed by atoms with Crippen LogP contribution in [0.1, 0.15) is 46.0 Å². The van der Waals surface area contributed by atoms with Crippen molar-refractivity contribution in [3.05, 3.63) is 20.8 Å². The molecule has 0 saturated carbocycles. The minimum absolute atomic E-state index is 0.0888. The Bertz CT molecular complexity index is 890. The van der Waals surface area contributed by atoms with Crippen molar-refractivity contribution in [1.82, 2.24) is 13.9 Å². The molecule has 1 aromatic heterocycles. The van der Waals surface area contributed by atoms with Crippen LogP contribution in [0, 0.1) is 0 Å². The number of H-pyrrole nitrogens is 1.